The summed E-state index contributed by atoms with van der Waals surface area (Å²) < 4.78 is 0. The molecular formula is C16H11N3S. The van der Waals surface area contributed by atoms with Gasteiger partial charge in [-0.3, -0.25) is 0 Å². The highest BCUT2D eigenvalue weighted by Crippen LogP contribution is 2.31. The molecule has 4 heteroatoms. The molecule has 0 aliphatic rings. The van der Waals surface area contributed by atoms with Crippen LogP contribution >= 0.6 is 11.8 Å². The lowest BCUT2D eigenvalue weighted by molar-refractivity contribution is 1.09. The Morgan fingerprint density at radius 1 is 1.10 bits per heavy atom. The van der Waals surface area contributed by atoms with E-state index in [9.17, 15) is 5.26 Å². The molecule has 0 saturated carbocycles. The van der Waals surface area contributed by atoms with E-state index in [-0.39, 0.29) is 0 Å². The fraction of sp³-hybridized carbons (Fsp3) is 0.0625. The van der Waals surface area contributed by atoms with Crippen molar-refractivity contribution in [3.63, 3.8) is 0 Å². The average Bonchev–Trinajstić information content (AvgIpc) is 2.49. The van der Waals surface area contributed by atoms with Gasteiger partial charge >= 0.3 is 0 Å². The van der Waals surface area contributed by atoms with Gasteiger partial charge in [0.1, 0.15) is 16.1 Å². The van der Waals surface area contributed by atoms with E-state index in [0.717, 1.165) is 21.5 Å². The molecule has 0 fully saturated rings. The van der Waals surface area contributed by atoms with E-state index < -0.39 is 0 Å². The van der Waals surface area contributed by atoms with Gasteiger partial charge in [-0.25, -0.2) is 9.97 Å². The summed E-state index contributed by atoms with van der Waals surface area (Å²) in [6, 6.07) is 15.8. The number of hydrogen-bond acceptors (Lipinski definition) is 4. The third-order valence-corrected chi connectivity index (χ3v) is 4.01. The first-order valence-electron chi connectivity index (χ1n) is 6.18. The molecule has 0 spiro atoms. The number of nitrogens with zero attached hydrogens (tertiary/aromatic N) is 3. The summed E-state index contributed by atoms with van der Waals surface area (Å²) >= 11 is 1.42. The van der Waals surface area contributed by atoms with Gasteiger partial charge in [0.2, 0.25) is 0 Å². The van der Waals surface area contributed by atoms with Crippen molar-refractivity contribution in [2.45, 2.75) is 17.0 Å². The fourth-order valence-electron chi connectivity index (χ4n) is 2.06. The van der Waals surface area contributed by atoms with E-state index >= 15 is 0 Å². The van der Waals surface area contributed by atoms with Crippen LogP contribution in [0.4, 0.5) is 0 Å². The van der Waals surface area contributed by atoms with Gasteiger partial charge < -0.3 is 0 Å². The van der Waals surface area contributed by atoms with E-state index in [1.807, 2.05) is 49.4 Å². The van der Waals surface area contributed by atoms with Crippen LogP contribution in [0.3, 0.4) is 0 Å². The van der Waals surface area contributed by atoms with E-state index in [2.05, 4.69) is 16.0 Å². The second kappa shape index (κ2) is 5.32. The molecule has 0 atom stereocenters. The van der Waals surface area contributed by atoms with E-state index in [1.165, 1.54) is 11.8 Å². The molecule has 0 aliphatic carbocycles. The molecule has 0 unspecified atom stereocenters. The van der Waals surface area contributed by atoms with Gasteiger partial charge in [0.15, 0.2) is 0 Å². The lowest BCUT2D eigenvalue weighted by Gasteiger charge is -2.08. The number of rotatable bonds is 2. The number of benzene rings is 1. The van der Waals surface area contributed by atoms with Crippen LogP contribution in [-0.4, -0.2) is 9.97 Å². The Bertz CT molecular complexity index is 807. The Hall–Kier alpha value is -2.38. The smallest absolute Gasteiger partial charge is 0.121 e. The van der Waals surface area contributed by atoms with Gasteiger partial charge in [0.05, 0.1) is 11.1 Å². The molecule has 0 aliphatic heterocycles. The predicted octanol–water partition coefficient (Wildman–Crippen LogP) is 3.96. The van der Waals surface area contributed by atoms with Crippen molar-refractivity contribution in [2.75, 3.05) is 0 Å². The molecule has 20 heavy (non-hydrogen) atoms. The minimum Gasteiger partial charge on any atom is -0.250 e. The van der Waals surface area contributed by atoms with Gasteiger partial charge in [0.25, 0.3) is 0 Å². The van der Waals surface area contributed by atoms with Crippen molar-refractivity contribution in [3.8, 4) is 6.07 Å². The zero-order valence-corrected chi connectivity index (χ0v) is 11.7. The first-order valence-corrected chi connectivity index (χ1v) is 6.99. The van der Waals surface area contributed by atoms with E-state index in [4.69, 9.17) is 0 Å². The summed E-state index contributed by atoms with van der Waals surface area (Å²) in [6.07, 6.45) is 1.74. The maximum absolute atomic E-state index is 9.41. The average molecular weight is 277 g/mol. The number of aryl methyl sites for hydroxylation is 1. The summed E-state index contributed by atoms with van der Waals surface area (Å²) in [5, 5.41) is 12.0. The Labute approximate surface area is 121 Å². The highest BCUT2D eigenvalue weighted by molar-refractivity contribution is 7.99. The Morgan fingerprint density at radius 3 is 2.65 bits per heavy atom. The quantitative estimate of drug-likeness (QED) is 0.711. The van der Waals surface area contributed by atoms with Gasteiger partial charge in [-0.05, 0) is 42.4 Å². The van der Waals surface area contributed by atoms with Crippen molar-refractivity contribution >= 4 is 22.7 Å². The van der Waals surface area contributed by atoms with Crippen LogP contribution in [0.1, 0.15) is 11.1 Å². The lowest BCUT2D eigenvalue weighted by Crippen LogP contribution is -1.94. The molecule has 0 amide bonds. The third-order valence-electron chi connectivity index (χ3n) is 3.07. The van der Waals surface area contributed by atoms with E-state index in [0.29, 0.717) is 10.6 Å². The second-order valence-electron chi connectivity index (χ2n) is 4.32. The van der Waals surface area contributed by atoms with Crippen molar-refractivity contribution in [3.05, 3.63) is 59.8 Å². The third kappa shape index (κ3) is 2.24. The molecule has 0 radical (unpaired) electrons. The van der Waals surface area contributed by atoms with Crippen molar-refractivity contribution in [1.29, 1.82) is 5.26 Å². The Balaban J connectivity index is 2.18. The standard InChI is InChI=1S/C16H11N3S/c1-11-12-6-2-3-7-14(12)19-16(13(11)10-17)20-15-8-4-5-9-18-15/h2-9H,1H3. The van der Waals surface area contributed by atoms with Crippen molar-refractivity contribution in [1.82, 2.24) is 9.97 Å². The largest absolute Gasteiger partial charge is 0.250 e. The zero-order valence-electron chi connectivity index (χ0n) is 10.9. The van der Waals surface area contributed by atoms with Crippen LogP contribution in [0.15, 0.2) is 58.7 Å². The SMILES string of the molecule is Cc1c(C#N)c(Sc2ccccn2)nc2ccccc12. The topological polar surface area (TPSA) is 49.6 Å². The number of nitriles is 1. The van der Waals surface area contributed by atoms with Gasteiger partial charge in [-0.15, -0.1) is 0 Å². The van der Waals surface area contributed by atoms with Crippen LogP contribution in [0.25, 0.3) is 10.9 Å². The number of para-hydroxylation sites is 1. The summed E-state index contributed by atoms with van der Waals surface area (Å²) in [5.41, 5.74) is 2.50. The molecule has 0 saturated heterocycles. The molecule has 3 rings (SSSR count). The number of aromatic nitrogens is 2. The molecule has 0 bridgehead atoms. The van der Waals surface area contributed by atoms with Gasteiger partial charge in [0, 0.05) is 11.6 Å². The highest BCUT2D eigenvalue weighted by Gasteiger charge is 2.13. The highest BCUT2D eigenvalue weighted by atomic mass is 32.2. The number of hydrogen-bond donors (Lipinski definition) is 0. The van der Waals surface area contributed by atoms with Crippen LogP contribution in [0.5, 0.6) is 0 Å². The molecule has 2 heterocycles. The molecule has 0 N–H and O–H groups in total. The monoisotopic (exact) mass is 277 g/mol. The van der Waals surface area contributed by atoms with Crippen LogP contribution < -0.4 is 0 Å². The summed E-state index contributed by atoms with van der Waals surface area (Å²) in [4.78, 5) is 8.88. The van der Waals surface area contributed by atoms with Crippen LogP contribution in [0, 0.1) is 18.3 Å². The normalized spacial score (nSPS) is 10.4. The van der Waals surface area contributed by atoms with Crippen molar-refractivity contribution in [2.24, 2.45) is 0 Å². The van der Waals surface area contributed by atoms with Crippen LogP contribution in [-0.2, 0) is 0 Å². The maximum atomic E-state index is 9.41. The van der Waals surface area contributed by atoms with Crippen molar-refractivity contribution < 1.29 is 0 Å². The molecule has 1 aromatic carbocycles. The van der Waals surface area contributed by atoms with Gasteiger partial charge in [-0.1, -0.05) is 24.3 Å². The van der Waals surface area contributed by atoms with E-state index in [1.54, 1.807) is 6.20 Å². The Morgan fingerprint density at radius 2 is 1.90 bits per heavy atom. The van der Waals surface area contributed by atoms with Crippen LogP contribution in [0.2, 0.25) is 0 Å². The number of pyridine rings is 2. The minimum atomic E-state index is 0.624. The molecular weight excluding hydrogens is 266 g/mol. The summed E-state index contributed by atoms with van der Waals surface area (Å²) in [7, 11) is 0. The first-order chi connectivity index (χ1) is 9.79. The Kier molecular flexibility index (Phi) is 3.36. The molecule has 3 aromatic rings. The first kappa shape index (κ1) is 12.6. The lowest BCUT2D eigenvalue weighted by atomic mass is 10.1. The number of fused-ring (bicyclic) bond motifs is 1. The molecule has 3 nitrogen and oxygen atoms in total. The summed E-state index contributed by atoms with van der Waals surface area (Å²) in [5.74, 6) is 0. The zero-order chi connectivity index (χ0) is 13.9. The maximum Gasteiger partial charge on any atom is 0.121 e. The molecule has 96 valence electrons. The fourth-order valence-corrected chi connectivity index (χ4v) is 2.96. The summed E-state index contributed by atoms with van der Waals surface area (Å²) in [6.45, 7) is 1.96. The minimum absolute atomic E-state index is 0.624. The predicted molar refractivity (Wildman–Crippen MR) is 79.6 cm³/mol. The second-order valence-corrected chi connectivity index (χ2v) is 5.33. The molecule has 2 aromatic heterocycles. The van der Waals surface area contributed by atoms with Gasteiger partial charge in [-0.2, -0.15) is 5.26 Å².